The molecule has 8 heteroatoms. The molecule has 0 aromatic heterocycles. The molecule has 0 aliphatic carbocycles. The summed E-state index contributed by atoms with van der Waals surface area (Å²) in [7, 11) is 0. The van der Waals surface area contributed by atoms with Gasteiger partial charge >= 0.3 is 5.97 Å². The average Bonchev–Trinajstić information content (AvgIpc) is 2.23. The summed E-state index contributed by atoms with van der Waals surface area (Å²) in [6.45, 7) is -0.778. The first kappa shape index (κ1) is 16.5. The van der Waals surface area contributed by atoms with Crippen LogP contribution in [0.3, 0.4) is 0 Å². The van der Waals surface area contributed by atoms with Crippen molar-refractivity contribution < 1.29 is 15.0 Å². The Morgan fingerprint density at radius 1 is 1.41 bits per heavy atom. The minimum absolute atomic E-state index is 0.397. The summed E-state index contributed by atoms with van der Waals surface area (Å²) in [6, 6.07) is 5.15. The van der Waals surface area contributed by atoms with E-state index in [4.69, 9.17) is 50.4 Å². The highest BCUT2D eigenvalue weighted by Crippen LogP contribution is 2.25. The van der Waals surface area contributed by atoms with Gasteiger partial charge in [-0.15, -0.1) is 12.6 Å². The van der Waals surface area contributed by atoms with Crippen LogP contribution >= 0.6 is 48.0 Å². The molecular weight excluding hydrogens is 305 g/mol. The molecule has 17 heavy (non-hydrogen) atoms. The number of anilines is 1. The summed E-state index contributed by atoms with van der Waals surface area (Å²) in [5.74, 6) is -1.19. The maximum absolute atomic E-state index is 9.12. The molecule has 0 saturated heterocycles. The van der Waals surface area contributed by atoms with Crippen LogP contribution in [-0.2, 0) is 4.79 Å². The molecule has 0 radical (unpaired) electrons. The van der Waals surface area contributed by atoms with Crippen molar-refractivity contribution in [3.8, 4) is 0 Å². The van der Waals surface area contributed by atoms with Gasteiger partial charge in [-0.25, -0.2) is 4.79 Å². The number of aliphatic hydroxyl groups is 1. The van der Waals surface area contributed by atoms with Gasteiger partial charge in [0.1, 0.15) is 10.9 Å². The first-order valence-electron chi connectivity index (χ1n) is 4.14. The van der Waals surface area contributed by atoms with E-state index in [1.54, 1.807) is 18.2 Å². The molecule has 1 aromatic carbocycles. The number of carbonyl (C=O) groups is 1. The lowest BCUT2D eigenvalue weighted by molar-refractivity contribution is -0.140. The van der Waals surface area contributed by atoms with Gasteiger partial charge in [-0.1, -0.05) is 35.4 Å². The normalized spacial score (nSPS) is 8.94. The van der Waals surface area contributed by atoms with Crippen molar-refractivity contribution in [1.82, 2.24) is 0 Å². The first-order valence-corrected chi connectivity index (χ1v) is 5.75. The van der Waals surface area contributed by atoms with E-state index in [2.05, 4.69) is 17.9 Å². The number of hydrogen-bond acceptors (Lipinski definition) is 3. The van der Waals surface area contributed by atoms with Crippen molar-refractivity contribution in [3.05, 3.63) is 28.2 Å². The molecule has 94 valence electrons. The Kier molecular flexibility index (Phi) is 8.28. The van der Waals surface area contributed by atoms with Crippen LogP contribution in [0.5, 0.6) is 0 Å². The van der Waals surface area contributed by atoms with E-state index in [1.165, 1.54) is 0 Å². The van der Waals surface area contributed by atoms with Crippen molar-refractivity contribution in [2.45, 2.75) is 0 Å². The molecule has 0 fully saturated rings. The highest BCUT2D eigenvalue weighted by molar-refractivity contribution is 8.11. The van der Waals surface area contributed by atoms with Crippen LogP contribution in [0.15, 0.2) is 18.2 Å². The van der Waals surface area contributed by atoms with Gasteiger partial charge in [0.15, 0.2) is 0 Å². The van der Waals surface area contributed by atoms with Gasteiger partial charge in [-0.3, -0.25) is 0 Å². The third kappa shape index (κ3) is 8.23. The zero-order chi connectivity index (χ0) is 13.4. The number of thiocarbonyl (C=S) groups is 1. The molecular formula is C9H9Cl2NO3S2. The van der Waals surface area contributed by atoms with Gasteiger partial charge in [-0.05, 0) is 18.2 Å². The lowest BCUT2D eigenvalue weighted by atomic mass is 10.3. The maximum atomic E-state index is 9.12. The highest BCUT2D eigenvalue weighted by Gasteiger charge is 1.98. The van der Waals surface area contributed by atoms with Crippen LogP contribution in [-0.4, -0.2) is 27.1 Å². The zero-order valence-electron chi connectivity index (χ0n) is 8.35. The topological polar surface area (TPSA) is 69.6 Å². The van der Waals surface area contributed by atoms with E-state index in [0.717, 1.165) is 5.69 Å². The number of rotatable bonds is 2. The van der Waals surface area contributed by atoms with Gasteiger partial charge in [0, 0.05) is 5.69 Å². The second-order valence-electron chi connectivity index (χ2n) is 2.61. The molecule has 0 aliphatic heterocycles. The number of hydrogen-bond donors (Lipinski definition) is 4. The summed E-state index contributed by atoms with van der Waals surface area (Å²) in [4.78, 5) is 9.12. The minimum atomic E-state index is -1.19. The van der Waals surface area contributed by atoms with Crippen molar-refractivity contribution in [2.75, 3.05) is 11.9 Å². The summed E-state index contributed by atoms with van der Waals surface area (Å²) in [5, 5.41) is 18.9. The number of nitrogens with one attached hydrogen (secondary N) is 1. The summed E-state index contributed by atoms with van der Waals surface area (Å²) >= 11 is 20.1. The Bertz CT molecular complexity index is 415. The van der Waals surface area contributed by atoms with E-state index >= 15 is 0 Å². The fourth-order valence-corrected chi connectivity index (χ4v) is 1.24. The molecule has 1 aromatic rings. The lowest BCUT2D eigenvalue weighted by Gasteiger charge is -2.03. The molecule has 0 saturated carbocycles. The van der Waals surface area contributed by atoms with Crippen LogP contribution in [0.4, 0.5) is 5.69 Å². The van der Waals surface area contributed by atoms with Crippen LogP contribution in [0.1, 0.15) is 0 Å². The molecule has 0 atom stereocenters. The monoisotopic (exact) mass is 313 g/mol. The predicted octanol–water partition coefficient (Wildman–Crippen LogP) is 2.68. The van der Waals surface area contributed by atoms with Crippen LogP contribution in [0, 0.1) is 0 Å². The third-order valence-corrected chi connectivity index (χ3v) is 2.26. The molecule has 0 spiro atoms. The van der Waals surface area contributed by atoms with Gasteiger partial charge in [0.2, 0.25) is 0 Å². The Labute approximate surface area is 119 Å². The van der Waals surface area contributed by atoms with E-state index < -0.39 is 12.6 Å². The number of aliphatic carboxylic acids is 1. The molecule has 0 aliphatic rings. The van der Waals surface area contributed by atoms with E-state index in [0.29, 0.717) is 14.4 Å². The molecule has 0 amide bonds. The number of benzene rings is 1. The summed E-state index contributed by atoms with van der Waals surface area (Å²) in [6.07, 6.45) is 0. The van der Waals surface area contributed by atoms with Crippen molar-refractivity contribution in [3.63, 3.8) is 0 Å². The van der Waals surface area contributed by atoms with Crippen LogP contribution in [0.2, 0.25) is 10.0 Å². The highest BCUT2D eigenvalue weighted by atomic mass is 35.5. The Morgan fingerprint density at radius 2 is 1.94 bits per heavy atom. The van der Waals surface area contributed by atoms with Gasteiger partial charge < -0.3 is 15.5 Å². The number of carboxylic acids is 1. The standard InChI is InChI=1S/C7H5Cl2NS2.C2H4O3/c8-5-2-1-4(3-6(5)9)10-7(11)12;3-1-2(4)5/h1-3H,(H2,10,11,12);3H,1H2,(H,4,5). The Hall–Kier alpha value is -0.530. The van der Waals surface area contributed by atoms with Crippen molar-refractivity contribution in [1.29, 1.82) is 0 Å². The van der Waals surface area contributed by atoms with Crippen molar-refractivity contribution in [2.24, 2.45) is 0 Å². The number of halogens is 2. The van der Waals surface area contributed by atoms with Crippen LogP contribution in [0.25, 0.3) is 0 Å². The minimum Gasteiger partial charge on any atom is -0.480 e. The largest absolute Gasteiger partial charge is 0.480 e. The van der Waals surface area contributed by atoms with Gasteiger partial charge in [-0.2, -0.15) is 0 Å². The predicted molar refractivity (Wildman–Crippen MR) is 76.4 cm³/mol. The van der Waals surface area contributed by atoms with Gasteiger partial charge in [0.05, 0.1) is 10.0 Å². The summed E-state index contributed by atoms with van der Waals surface area (Å²) < 4.78 is 0.397. The van der Waals surface area contributed by atoms with E-state index in [-0.39, 0.29) is 0 Å². The van der Waals surface area contributed by atoms with Crippen LogP contribution < -0.4 is 5.32 Å². The van der Waals surface area contributed by atoms with E-state index in [1.807, 2.05) is 0 Å². The van der Waals surface area contributed by atoms with Crippen molar-refractivity contribution >= 4 is 64.0 Å². The van der Waals surface area contributed by atoms with E-state index in [9.17, 15) is 0 Å². The third-order valence-electron chi connectivity index (χ3n) is 1.31. The molecule has 0 unspecified atom stereocenters. The summed E-state index contributed by atoms with van der Waals surface area (Å²) in [5.41, 5.74) is 0.782. The Morgan fingerprint density at radius 3 is 2.29 bits per heavy atom. The second kappa shape index (κ2) is 8.54. The Balaban J connectivity index is 0.000000437. The SMILES string of the molecule is O=C(O)CO.S=C(S)Nc1ccc(Cl)c(Cl)c1. The fraction of sp³-hybridized carbons (Fsp3) is 0.111. The zero-order valence-corrected chi connectivity index (χ0v) is 11.6. The van der Waals surface area contributed by atoms with Gasteiger partial charge in [0.25, 0.3) is 0 Å². The number of aliphatic hydroxyl groups excluding tert-OH is 1. The molecule has 0 heterocycles. The molecule has 1 rings (SSSR count). The molecule has 3 N–H and O–H groups in total. The quantitative estimate of drug-likeness (QED) is 0.499. The smallest absolute Gasteiger partial charge is 0.329 e. The average molecular weight is 314 g/mol. The first-order chi connectivity index (χ1) is 7.86. The number of thiol groups is 1. The fourth-order valence-electron chi connectivity index (χ4n) is 0.697. The second-order valence-corrected chi connectivity index (χ2v) is 4.58. The molecule has 0 bridgehead atoms. The lowest BCUT2D eigenvalue weighted by Crippen LogP contribution is -2.00. The maximum Gasteiger partial charge on any atom is 0.329 e. The molecule has 4 nitrogen and oxygen atoms in total. The number of carboxylic acid groups (broad SMARTS) is 1.